The van der Waals surface area contributed by atoms with Gasteiger partial charge in [0.2, 0.25) is 0 Å². The van der Waals surface area contributed by atoms with Crippen LogP contribution in [0.4, 0.5) is 24.7 Å². The Kier molecular flexibility index (Phi) is 5.77. The van der Waals surface area contributed by atoms with Crippen LogP contribution in [-0.4, -0.2) is 29.0 Å². The zero-order valence-electron chi connectivity index (χ0n) is 17.2. The van der Waals surface area contributed by atoms with Crippen molar-refractivity contribution in [3.05, 3.63) is 70.4 Å². The van der Waals surface area contributed by atoms with Gasteiger partial charge >= 0.3 is 6.18 Å². The normalized spacial score (nSPS) is 17.9. The molecule has 2 atom stereocenters. The summed E-state index contributed by atoms with van der Waals surface area (Å²) < 4.78 is 47.5. The first kappa shape index (κ1) is 22.0. The summed E-state index contributed by atoms with van der Waals surface area (Å²) in [6.45, 7) is 1.73. The number of methoxy groups -OCH3 is 1. The van der Waals surface area contributed by atoms with Gasteiger partial charge in [-0.25, -0.2) is 4.68 Å². The minimum Gasteiger partial charge on any atom is -0.497 e. The van der Waals surface area contributed by atoms with Gasteiger partial charge in [0, 0.05) is 23.2 Å². The van der Waals surface area contributed by atoms with Gasteiger partial charge in [-0.15, -0.1) is 0 Å². The summed E-state index contributed by atoms with van der Waals surface area (Å²) in [5.41, 5.74) is 1.66. The number of benzene rings is 2. The van der Waals surface area contributed by atoms with E-state index in [-0.39, 0.29) is 17.9 Å². The van der Waals surface area contributed by atoms with Gasteiger partial charge < -0.3 is 15.4 Å². The molecule has 0 bridgehead atoms. The van der Waals surface area contributed by atoms with Crippen LogP contribution in [-0.2, 0) is 0 Å². The summed E-state index contributed by atoms with van der Waals surface area (Å²) in [6, 6.07) is 10.7. The van der Waals surface area contributed by atoms with Gasteiger partial charge in [0.1, 0.15) is 11.6 Å². The van der Waals surface area contributed by atoms with Gasteiger partial charge in [-0.3, -0.25) is 4.79 Å². The maximum absolute atomic E-state index is 13.9. The summed E-state index contributed by atoms with van der Waals surface area (Å²) in [5, 5.41) is 10.2. The Morgan fingerprint density at radius 3 is 2.62 bits per heavy atom. The molecule has 1 amide bonds. The molecular formula is C22H20ClF3N4O2. The highest BCUT2D eigenvalue weighted by molar-refractivity contribution is 6.31. The Labute approximate surface area is 187 Å². The number of ether oxygens (including phenoxy) is 1. The van der Waals surface area contributed by atoms with Crippen molar-refractivity contribution < 1.29 is 22.7 Å². The number of rotatable bonds is 4. The smallest absolute Gasteiger partial charge is 0.410 e. The number of hydrogen-bond donors (Lipinski definition) is 2. The number of amides is 1. The SMILES string of the molecule is COc1ccc(C2CC(C(F)(F)F)n3nc(C(=O)Nc4cccc(Cl)c4C)cc3N2)cc1. The molecule has 1 aliphatic rings. The number of hydrogen-bond acceptors (Lipinski definition) is 4. The molecule has 3 aromatic rings. The van der Waals surface area contributed by atoms with Crippen LogP contribution in [0.5, 0.6) is 5.75 Å². The molecule has 6 nitrogen and oxygen atoms in total. The van der Waals surface area contributed by atoms with Crippen LogP contribution in [0, 0.1) is 6.92 Å². The maximum atomic E-state index is 13.9. The van der Waals surface area contributed by atoms with E-state index in [0.29, 0.717) is 27.6 Å². The van der Waals surface area contributed by atoms with Gasteiger partial charge in [0.05, 0.1) is 13.2 Å². The molecule has 0 spiro atoms. The molecule has 0 aliphatic carbocycles. The second kappa shape index (κ2) is 8.38. The van der Waals surface area contributed by atoms with Crippen molar-refractivity contribution in [3.63, 3.8) is 0 Å². The van der Waals surface area contributed by atoms with Gasteiger partial charge in [-0.05, 0) is 42.3 Å². The highest BCUT2D eigenvalue weighted by Crippen LogP contribution is 2.43. The fraction of sp³-hybridized carbons (Fsp3) is 0.273. The van der Waals surface area contributed by atoms with Crippen LogP contribution in [0.2, 0.25) is 5.02 Å². The third kappa shape index (κ3) is 4.25. The molecule has 32 heavy (non-hydrogen) atoms. The highest BCUT2D eigenvalue weighted by atomic mass is 35.5. The summed E-state index contributed by atoms with van der Waals surface area (Å²) in [7, 11) is 1.52. The zero-order valence-corrected chi connectivity index (χ0v) is 18.0. The van der Waals surface area contributed by atoms with Crippen LogP contribution in [0.25, 0.3) is 0 Å². The van der Waals surface area contributed by atoms with E-state index in [9.17, 15) is 18.0 Å². The van der Waals surface area contributed by atoms with E-state index in [1.165, 1.54) is 13.2 Å². The second-order valence-corrected chi connectivity index (χ2v) is 7.90. The minimum atomic E-state index is -4.54. The quantitative estimate of drug-likeness (QED) is 0.514. The predicted molar refractivity (Wildman–Crippen MR) is 115 cm³/mol. The van der Waals surface area contributed by atoms with Gasteiger partial charge in [-0.1, -0.05) is 29.8 Å². The number of halogens is 4. The van der Waals surface area contributed by atoms with E-state index in [4.69, 9.17) is 16.3 Å². The number of anilines is 2. The van der Waals surface area contributed by atoms with Crippen molar-refractivity contribution in [2.75, 3.05) is 17.7 Å². The second-order valence-electron chi connectivity index (χ2n) is 7.49. The van der Waals surface area contributed by atoms with Crippen molar-refractivity contribution in [2.24, 2.45) is 0 Å². The maximum Gasteiger partial charge on any atom is 0.410 e. The Morgan fingerprint density at radius 2 is 1.97 bits per heavy atom. The molecule has 1 aliphatic heterocycles. The average Bonchev–Trinajstić information content (AvgIpc) is 3.20. The number of alkyl halides is 3. The topological polar surface area (TPSA) is 68.2 Å². The molecule has 1 aromatic heterocycles. The Bertz CT molecular complexity index is 1150. The minimum absolute atomic E-state index is 0.118. The number of aromatic nitrogens is 2. The fourth-order valence-electron chi connectivity index (χ4n) is 3.67. The third-order valence-electron chi connectivity index (χ3n) is 5.46. The molecule has 0 radical (unpaired) electrons. The van der Waals surface area contributed by atoms with Crippen LogP contribution in [0.15, 0.2) is 48.5 Å². The lowest BCUT2D eigenvalue weighted by molar-refractivity contribution is -0.173. The van der Waals surface area contributed by atoms with E-state index in [1.807, 2.05) is 0 Å². The number of carbonyl (C=O) groups is 1. The monoisotopic (exact) mass is 464 g/mol. The van der Waals surface area contributed by atoms with Crippen molar-refractivity contribution in [2.45, 2.75) is 31.6 Å². The molecule has 2 heterocycles. The largest absolute Gasteiger partial charge is 0.497 e. The van der Waals surface area contributed by atoms with Gasteiger partial charge in [0.15, 0.2) is 11.7 Å². The lowest BCUT2D eigenvalue weighted by atomic mass is 9.97. The number of carbonyl (C=O) groups excluding carboxylic acids is 1. The first-order valence-electron chi connectivity index (χ1n) is 9.80. The van der Waals surface area contributed by atoms with E-state index >= 15 is 0 Å². The zero-order chi connectivity index (χ0) is 23.0. The highest BCUT2D eigenvalue weighted by Gasteiger charge is 2.46. The molecule has 0 fully saturated rings. The lowest BCUT2D eigenvalue weighted by Gasteiger charge is -2.33. The van der Waals surface area contributed by atoms with E-state index in [1.54, 1.807) is 49.4 Å². The van der Waals surface area contributed by atoms with Crippen LogP contribution >= 0.6 is 11.6 Å². The van der Waals surface area contributed by atoms with Crippen LogP contribution in [0.1, 0.15) is 40.1 Å². The summed E-state index contributed by atoms with van der Waals surface area (Å²) in [4.78, 5) is 12.7. The molecule has 0 saturated carbocycles. The van der Waals surface area contributed by atoms with Crippen LogP contribution in [0.3, 0.4) is 0 Å². The lowest BCUT2D eigenvalue weighted by Crippen LogP contribution is -2.35. The number of nitrogens with zero attached hydrogens (tertiary/aromatic N) is 2. The van der Waals surface area contributed by atoms with E-state index < -0.39 is 24.2 Å². The third-order valence-corrected chi connectivity index (χ3v) is 5.87. The van der Waals surface area contributed by atoms with Crippen molar-refractivity contribution in [1.29, 1.82) is 0 Å². The molecular weight excluding hydrogens is 445 g/mol. The molecule has 2 unspecified atom stereocenters. The Hall–Kier alpha value is -3.20. The van der Waals surface area contributed by atoms with Gasteiger partial charge in [0.25, 0.3) is 5.91 Å². The molecule has 10 heteroatoms. The average molecular weight is 465 g/mol. The first-order valence-corrected chi connectivity index (χ1v) is 10.2. The molecule has 2 N–H and O–H groups in total. The standard InChI is InChI=1S/C22H20ClF3N4O2/c1-12-15(23)4-3-5-16(12)28-21(31)18-11-20-27-17(13-6-8-14(32-2)9-7-13)10-19(22(24,25)26)30(20)29-18/h3-9,11,17,19,27H,10H2,1-2H3,(H,28,31). The van der Waals surface area contributed by atoms with Crippen molar-refractivity contribution >= 4 is 29.0 Å². The number of nitrogens with one attached hydrogen (secondary N) is 2. The molecule has 2 aromatic carbocycles. The first-order chi connectivity index (χ1) is 15.2. The summed E-state index contributed by atoms with van der Waals surface area (Å²) in [5.74, 6) is 0.102. The van der Waals surface area contributed by atoms with Gasteiger partial charge in [-0.2, -0.15) is 18.3 Å². The van der Waals surface area contributed by atoms with E-state index in [0.717, 1.165) is 4.68 Å². The molecule has 4 rings (SSSR count). The summed E-state index contributed by atoms with van der Waals surface area (Å²) in [6.07, 6.45) is -4.80. The van der Waals surface area contributed by atoms with Crippen molar-refractivity contribution in [1.82, 2.24) is 9.78 Å². The Balaban J connectivity index is 1.64. The fourth-order valence-corrected chi connectivity index (χ4v) is 3.84. The summed E-state index contributed by atoms with van der Waals surface area (Å²) >= 11 is 6.07. The Morgan fingerprint density at radius 1 is 1.25 bits per heavy atom. The van der Waals surface area contributed by atoms with Crippen molar-refractivity contribution in [3.8, 4) is 5.75 Å². The van der Waals surface area contributed by atoms with E-state index in [2.05, 4.69) is 15.7 Å². The predicted octanol–water partition coefficient (Wildman–Crippen LogP) is 5.77. The van der Waals surface area contributed by atoms with Crippen LogP contribution < -0.4 is 15.4 Å². The number of fused-ring (bicyclic) bond motifs is 1. The molecule has 0 saturated heterocycles. The molecule has 168 valence electrons.